The average Bonchev–Trinajstić information content (AvgIpc) is 3.35. The molecule has 0 radical (unpaired) electrons. The number of nitrogens with one attached hydrogen (secondary N) is 1. The van der Waals surface area contributed by atoms with E-state index in [0.717, 1.165) is 45.2 Å². The molecule has 0 unspecified atom stereocenters. The number of aromatic nitrogens is 4. The minimum atomic E-state index is -0.264. The molecule has 0 aliphatic carbocycles. The fourth-order valence-corrected chi connectivity index (χ4v) is 4.07. The van der Waals surface area contributed by atoms with Crippen molar-refractivity contribution in [1.82, 2.24) is 19.5 Å². The van der Waals surface area contributed by atoms with E-state index in [-0.39, 0.29) is 11.9 Å². The molecule has 5 aromatic rings. The maximum atomic E-state index is 13.5. The van der Waals surface area contributed by atoms with Crippen molar-refractivity contribution in [1.29, 1.82) is 0 Å². The summed E-state index contributed by atoms with van der Waals surface area (Å²) >= 11 is 0. The molecule has 1 N–H and O–H groups in total. The summed E-state index contributed by atoms with van der Waals surface area (Å²) in [6.45, 7) is 7.96. The summed E-state index contributed by atoms with van der Waals surface area (Å²) in [7, 11) is 0. The van der Waals surface area contributed by atoms with Gasteiger partial charge in [0.25, 0.3) is 0 Å². The fourth-order valence-electron chi connectivity index (χ4n) is 4.07. The number of rotatable bonds is 5. The summed E-state index contributed by atoms with van der Waals surface area (Å²) < 4.78 is 21.3. The van der Waals surface area contributed by atoms with Gasteiger partial charge in [0.05, 0.1) is 28.8 Å². The van der Waals surface area contributed by atoms with Crippen LogP contribution in [0.3, 0.4) is 0 Å². The molecule has 0 spiro atoms. The number of pyridine rings is 1. The molecule has 0 saturated heterocycles. The van der Waals surface area contributed by atoms with Gasteiger partial charge in [-0.2, -0.15) is 0 Å². The maximum absolute atomic E-state index is 13.5. The lowest BCUT2D eigenvalue weighted by molar-refractivity contribution is 0.532. The minimum Gasteiger partial charge on any atom is -0.439 e. The zero-order chi connectivity index (χ0) is 23.1. The summed E-state index contributed by atoms with van der Waals surface area (Å²) in [4.78, 5) is 13.8. The molecule has 0 atom stereocenters. The smallest absolute Gasteiger partial charge is 0.192 e. The molecule has 3 heterocycles. The number of nitrogens with zero attached hydrogens (tertiary/aromatic N) is 4. The predicted octanol–water partition coefficient (Wildman–Crippen LogP) is 6.83. The SMILES string of the molecule is Cc1nc(C)c(-c2ccc(Nc3cccc4c3nc(-c3ccc(F)cc3)n4C(C)C)cn2)o1. The molecule has 3 aromatic heterocycles. The first-order chi connectivity index (χ1) is 15.9. The van der Waals surface area contributed by atoms with Crippen molar-refractivity contribution in [3.63, 3.8) is 0 Å². The van der Waals surface area contributed by atoms with E-state index >= 15 is 0 Å². The van der Waals surface area contributed by atoms with E-state index in [4.69, 9.17) is 9.40 Å². The molecule has 7 heteroatoms. The van der Waals surface area contributed by atoms with Gasteiger partial charge in [0, 0.05) is 18.5 Å². The van der Waals surface area contributed by atoms with E-state index in [1.807, 2.05) is 38.1 Å². The lowest BCUT2D eigenvalue weighted by atomic mass is 10.2. The average molecular weight is 442 g/mol. The molecule has 6 nitrogen and oxygen atoms in total. The molecule has 0 aliphatic heterocycles. The van der Waals surface area contributed by atoms with Crippen LogP contribution in [0.25, 0.3) is 33.9 Å². The Labute approximate surface area is 191 Å². The Morgan fingerprint density at radius 3 is 2.39 bits per heavy atom. The van der Waals surface area contributed by atoms with Gasteiger partial charge in [0.15, 0.2) is 11.7 Å². The van der Waals surface area contributed by atoms with E-state index in [1.54, 1.807) is 18.3 Å². The quantitative estimate of drug-likeness (QED) is 0.324. The van der Waals surface area contributed by atoms with Crippen molar-refractivity contribution >= 4 is 22.4 Å². The third-order valence-corrected chi connectivity index (χ3v) is 5.52. The van der Waals surface area contributed by atoms with Crippen LogP contribution < -0.4 is 5.32 Å². The second-order valence-corrected chi connectivity index (χ2v) is 8.28. The Morgan fingerprint density at radius 2 is 1.76 bits per heavy atom. The Kier molecular flexibility index (Phi) is 5.17. The Hall–Kier alpha value is -4.00. The topological polar surface area (TPSA) is 68.8 Å². The number of hydrogen-bond acceptors (Lipinski definition) is 5. The van der Waals surface area contributed by atoms with E-state index in [1.165, 1.54) is 12.1 Å². The highest BCUT2D eigenvalue weighted by Crippen LogP contribution is 2.33. The molecular formula is C26H24FN5O. The minimum absolute atomic E-state index is 0.180. The van der Waals surface area contributed by atoms with Crippen LogP contribution in [0.2, 0.25) is 0 Å². The summed E-state index contributed by atoms with van der Waals surface area (Å²) in [6, 6.07) is 16.5. The highest BCUT2D eigenvalue weighted by molar-refractivity contribution is 5.93. The van der Waals surface area contributed by atoms with Crippen LogP contribution in [0.1, 0.15) is 31.5 Å². The van der Waals surface area contributed by atoms with Crippen LogP contribution in [0, 0.1) is 19.7 Å². The van der Waals surface area contributed by atoms with Crippen LogP contribution >= 0.6 is 0 Å². The molecular weight excluding hydrogens is 417 g/mol. The molecule has 0 saturated carbocycles. The van der Waals surface area contributed by atoms with Crippen molar-refractivity contribution in [2.24, 2.45) is 0 Å². The zero-order valence-corrected chi connectivity index (χ0v) is 18.9. The predicted molar refractivity (Wildman–Crippen MR) is 128 cm³/mol. The van der Waals surface area contributed by atoms with Crippen LogP contribution in [-0.4, -0.2) is 19.5 Å². The normalized spacial score (nSPS) is 11.5. The number of oxazole rings is 1. The van der Waals surface area contributed by atoms with Crippen LogP contribution in [0.15, 0.2) is 65.2 Å². The Morgan fingerprint density at radius 1 is 0.970 bits per heavy atom. The van der Waals surface area contributed by atoms with E-state index in [2.05, 4.69) is 39.8 Å². The van der Waals surface area contributed by atoms with Crippen LogP contribution in [0.4, 0.5) is 15.8 Å². The Balaban J connectivity index is 1.53. The number of hydrogen-bond donors (Lipinski definition) is 1. The number of fused-ring (bicyclic) bond motifs is 1. The van der Waals surface area contributed by atoms with Gasteiger partial charge in [0.1, 0.15) is 22.9 Å². The molecule has 0 aliphatic rings. The first-order valence-electron chi connectivity index (χ1n) is 10.8. The first kappa shape index (κ1) is 20.9. The lowest BCUT2D eigenvalue weighted by Crippen LogP contribution is -2.03. The van der Waals surface area contributed by atoms with Gasteiger partial charge in [-0.25, -0.2) is 14.4 Å². The van der Waals surface area contributed by atoms with Gasteiger partial charge in [-0.05, 0) is 69.3 Å². The van der Waals surface area contributed by atoms with Crippen LogP contribution in [0.5, 0.6) is 0 Å². The molecule has 0 amide bonds. The van der Waals surface area contributed by atoms with Crippen molar-refractivity contribution < 1.29 is 8.81 Å². The van der Waals surface area contributed by atoms with E-state index in [9.17, 15) is 4.39 Å². The second-order valence-electron chi connectivity index (χ2n) is 8.28. The van der Waals surface area contributed by atoms with Crippen molar-refractivity contribution in [2.45, 2.75) is 33.7 Å². The highest BCUT2D eigenvalue weighted by atomic mass is 19.1. The second kappa shape index (κ2) is 8.16. The standard InChI is InChI=1S/C26H24FN5O/c1-15(2)32-23-7-5-6-21(24(23)31-26(32)18-8-10-19(27)11-9-18)30-20-12-13-22(28-14-20)25-16(3)29-17(4)33-25/h5-15,30H,1-4H3. The zero-order valence-electron chi connectivity index (χ0n) is 18.9. The lowest BCUT2D eigenvalue weighted by Gasteiger charge is -2.13. The van der Waals surface area contributed by atoms with Crippen molar-refractivity contribution in [2.75, 3.05) is 5.32 Å². The third kappa shape index (κ3) is 3.86. The summed E-state index contributed by atoms with van der Waals surface area (Å²) in [5, 5.41) is 3.44. The van der Waals surface area contributed by atoms with Gasteiger partial charge >= 0.3 is 0 Å². The van der Waals surface area contributed by atoms with Gasteiger partial charge < -0.3 is 14.3 Å². The monoisotopic (exact) mass is 441 g/mol. The number of halogens is 1. The Bertz CT molecular complexity index is 1430. The highest BCUT2D eigenvalue weighted by Gasteiger charge is 2.18. The summed E-state index contributed by atoms with van der Waals surface area (Å²) in [5.41, 5.74) is 5.98. The molecule has 0 fully saturated rings. The van der Waals surface area contributed by atoms with Crippen LogP contribution in [-0.2, 0) is 0 Å². The van der Waals surface area contributed by atoms with Gasteiger partial charge in [-0.1, -0.05) is 6.07 Å². The van der Waals surface area contributed by atoms with Gasteiger partial charge in [-0.15, -0.1) is 0 Å². The molecule has 166 valence electrons. The molecule has 0 bridgehead atoms. The fraction of sp³-hybridized carbons (Fsp3) is 0.192. The maximum Gasteiger partial charge on any atom is 0.192 e. The molecule has 5 rings (SSSR count). The molecule has 2 aromatic carbocycles. The summed E-state index contributed by atoms with van der Waals surface area (Å²) in [6.07, 6.45) is 1.77. The first-order valence-corrected chi connectivity index (χ1v) is 10.8. The number of imidazole rings is 1. The summed E-state index contributed by atoms with van der Waals surface area (Å²) in [5.74, 6) is 1.84. The largest absolute Gasteiger partial charge is 0.439 e. The number of aryl methyl sites for hydroxylation is 2. The van der Waals surface area contributed by atoms with Crippen molar-refractivity contribution in [3.8, 4) is 22.8 Å². The van der Waals surface area contributed by atoms with Gasteiger partial charge in [-0.3, -0.25) is 4.98 Å². The number of benzene rings is 2. The van der Waals surface area contributed by atoms with E-state index in [0.29, 0.717) is 11.7 Å². The van der Waals surface area contributed by atoms with Gasteiger partial charge in [0.2, 0.25) is 0 Å². The molecule has 33 heavy (non-hydrogen) atoms. The van der Waals surface area contributed by atoms with Crippen molar-refractivity contribution in [3.05, 3.63) is 78.2 Å². The van der Waals surface area contributed by atoms with E-state index < -0.39 is 0 Å². The number of anilines is 2. The number of para-hydroxylation sites is 1. The third-order valence-electron chi connectivity index (χ3n) is 5.52.